The predicted molar refractivity (Wildman–Crippen MR) is 109 cm³/mol. The van der Waals surface area contributed by atoms with Gasteiger partial charge < -0.3 is 28.8 Å². The number of ether oxygens (including phenoxy) is 3. The maximum Gasteiger partial charge on any atom is 0.511 e. The Morgan fingerprint density at radius 3 is 2.27 bits per heavy atom. The van der Waals surface area contributed by atoms with E-state index in [9.17, 15) is 19.8 Å². The van der Waals surface area contributed by atoms with E-state index >= 15 is 0 Å². The first-order valence-electron chi connectivity index (χ1n) is 9.25. The second-order valence-electron chi connectivity index (χ2n) is 6.76. The van der Waals surface area contributed by atoms with Crippen LogP contribution in [0.25, 0.3) is 27.7 Å². The third kappa shape index (κ3) is 2.85. The average Bonchev–Trinajstić information content (AvgIpc) is 3.18. The van der Waals surface area contributed by atoms with Crippen LogP contribution in [0.1, 0.15) is 18.1 Å². The number of hydrogen-bond acceptors (Lipinski definition) is 5. The molecule has 1 aromatic carbocycles. The van der Waals surface area contributed by atoms with Gasteiger partial charge in [0, 0.05) is 5.56 Å². The first-order chi connectivity index (χ1) is 14.4. The third-order valence-electron chi connectivity index (χ3n) is 5.15. The number of carboxylic acid groups (broad SMARTS) is 2. The molecule has 4 rings (SSSR count). The van der Waals surface area contributed by atoms with E-state index in [0.29, 0.717) is 23.2 Å². The van der Waals surface area contributed by atoms with E-state index in [0.717, 1.165) is 27.8 Å². The minimum absolute atomic E-state index is 0.147. The molecule has 3 heterocycles. The van der Waals surface area contributed by atoms with Gasteiger partial charge in [-0.25, -0.2) is 9.59 Å². The van der Waals surface area contributed by atoms with Crippen molar-refractivity contribution in [1.29, 1.82) is 0 Å². The lowest BCUT2D eigenvalue weighted by molar-refractivity contribution is 0.134. The molecule has 8 nitrogen and oxygen atoms in total. The molecule has 0 radical (unpaired) electrons. The highest BCUT2D eigenvalue weighted by atomic mass is 16.7. The summed E-state index contributed by atoms with van der Waals surface area (Å²) in [7, 11) is 1.58. The van der Waals surface area contributed by atoms with E-state index in [2.05, 4.69) is 0 Å². The van der Waals surface area contributed by atoms with Gasteiger partial charge in [-0.05, 0) is 54.3 Å². The SMILES string of the molecule is CCc1c(-c2ccc(OC)cc2C)c2c(OC(=O)O)c(OC(=O)O)c3cccc1n32. The Hall–Kier alpha value is -3.94. The molecule has 0 fully saturated rings. The Labute approximate surface area is 171 Å². The van der Waals surface area contributed by atoms with Gasteiger partial charge in [-0.15, -0.1) is 0 Å². The molecule has 0 spiro atoms. The standard InChI is InChI=1S/C22H19NO7/c1-4-13-15-6-5-7-16-19(29-21(24)25)20(30-22(26)27)18(23(15)16)17(13)14-9-8-12(28-3)10-11(14)2/h5-10H,4H2,1-3H3,(H,24,25)(H,26,27). The lowest BCUT2D eigenvalue weighted by atomic mass is 9.95. The van der Waals surface area contributed by atoms with Crippen LogP contribution >= 0.6 is 0 Å². The first-order valence-corrected chi connectivity index (χ1v) is 9.25. The summed E-state index contributed by atoms with van der Waals surface area (Å²) in [6.45, 7) is 3.93. The van der Waals surface area contributed by atoms with E-state index in [4.69, 9.17) is 14.2 Å². The van der Waals surface area contributed by atoms with Gasteiger partial charge in [-0.3, -0.25) is 0 Å². The van der Waals surface area contributed by atoms with Crippen LogP contribution in [0.2, 0.25) is 0 Å². The number of benzene rings is 1. The molecule has 0 aliphatic rings. The van der Waals surface area contributed by atoms with E-state index in [1.807, 2.05) is 38.1 Å². The minimum atomic E-state index is -1.56. The Kier molecular flexibility index (Phi) is 4.62. The molecule has 0 saturated heterocycles. The molecule has 0 unspecified atom stereocenters. The van der Waals surface area contributed by atoms with E-state index in [1.54, 1.807) is 23.6 Å². The lowest BCUT2D eigenvalue weighted by Crippen LogP contribution is -2.07. The van der Waals surface area contributed by atoms with Gasteiger partial charge in [0.15, 0.2) is 0 Å². The van der Waals surface area contributed by atoms with Crippen molar-refractivity contribution in [1.82, 2.24) is 4.40 Å². The van der Waals surface area contributed by atoms with Crippen LogP contribution in [0.5, 0.6) is 17.2 Å². The number of aryl methyl sites for hydroxylation is 2. The Bertz CT molecular complexity index is 1290. The molecule has 0 saturated carbocycles. The molecule has 8 heteroatoms. The molecular weight excluding hydrogens is 390 g/mol. The summed E-state index contributed by atoms with van der Waals surface area (Å²) < 4.78 is 17.1. The summed E-state index contributed by atoms with van der Waals surface area (Å²) in [6.07, 6.45) is -2.45. The molecule has 0 bridgehead atoms. The Balaban J connectivity index is 2.17. The van der Waals surface area contributed by atoms with E-state index in [-0.39, 0.29) is 11.5 Å². The lowest BCUT2D eigenvalue weighted by Gasteiger charge is -2.11. The smallest absolute Gasteiger partial charge is 0.497 e. The zero-order chi connectivity index (χ0) is 21.6. The molecule has 2 N–H and O–H groups in total. The summed E-state index contributed by atoms with van der Waals surface area (Å²) in [6, 6.07) is 10.9. The Morgan fingerprint density at radius 2 is 1.67 bits per heavy atom. The normalized spacial score (nSPS) is 11.2. The molecule has 3 aromatic heterocycles. The molecule has 0 amide bonds. The molecule has 154 valence electrons. The zero-order valence-electron chi connectivity index (χ0n) is 16.6. The van der Waals surface area contributed by atoms with Crippen LogP contribution in [0.4, 0.5) is 9.59 Å². The number of nitrogens with zero attached hydrogens (tertiary/aromatic N) is 1. The summed E-state index contributed by atoms with van der Waals surface area (Å²) in [5, 5.41) is 18.5. The van der Waals surface area contributed by atoms with Gasteiger partial charge in [-0.2, -0.15) is 0 Å². The quantitative estimate of drug-likeness (QED) is 0.437. The third-order valence-corrected chi connectivity index (χ3v) is 5.15. The summed E-state index contributed by atoms with van der Waals surface area (Å²) in [5.41, 5.74) is 5.22. The highest BCUT2D eigenvalue weighted by Crippen LogP contribution is 2.49. The molecular formula is C22H19NO7. The van der Waals surface area contributed by atoms with Crippen molar-refractivity contribution < 1.29 is 34.0 Å². The molecule has 0 aliphatic heterocycles. The Morgan fingerprint density at radius 1 is 1.00 bits per heavy atom. The van der Waals surface area contributed by atoms with Crippen molar-refractivity contribution in [3.05, 3.63) is 47.5 Å². The van der Waals surface area contributed by atoms with E-state index in [1.165, 1.54) is 0 Å². The fourth-order valence-corrected chi connectivity index (χ4v) is 4.04. The average molecular weight is 409 g/mol. The number of rotatable bonds is 5. The van der Waals surface area contributed by atoms with Gasteiger partial charge in [0.25, 0.3) is 0 Å². The first kappa shape index (κ1) is 19.4. The van der Waals surface area contributed by atoms with Crippen molar-refractivity contribution in [2.75, 3.05) is 7.11 Å². The van der Waals surface area contributed by atoms with Crippen molar-refractivity contribution in [2.45, 2.75) is 20.3 Å². The second-order valence-corrected chi connectivity index (χ2v) is 6.76. The zero-order valence-corrected chi connectivity index (χ0v) is 16.6. The number of pyridine rings is 1. The topological polar surface area (TPSA) is 107 Å². The van der Waals surface area contributed by atoms with Gasteiger partial charge in [0.1, 0.15) is 11.3 Å². The maximum absolute atomic E-state index is 11.4. The molecule has 30 heavy (non-hydrogen) atoms. The van der Waals surface area contributed by atoms with Crippen molar-refractivity contribution in [3.8, 4) is 28.4 Å². The van der Waals surface area contributed by atoms with E-state index < -0.39 is 12.3 Å². The number of carbonyl (C=O) groups is 2. The number of methoxy groups -OCH3 is 1. The number of aromatic nitrogens is 1. The van der Waals surface area contributed by atoms with Crippen molar-refractivity contribution in [3.63, 3.8) is 0 Å². The van der Waals surface area contributed by atoms with Crippen LogP contribution in [-0.4, -0.2) is 34.0 Å². The fraction of sp³-hybridized carbons (Fsp3) is 0.182. The highest BCUT2D eigenvalue weighted by Gasteiger charge is 2.30. The van der Waals surface area contributed by atoms with Gasteiger partial charge in [0.05, 0.1) is 18.1 Å². The molecule has 4 aromatic rings. The highest BCUT2D eigenvalue weighted by molar-refractivity contribution is 6.03. The van der Waals surface area contributed by atoms with Crippen LogP contribution in [0.3, 0.4) is 0 Å². The summed E-state index contributed by atoms with van der Waals surface area (Å²) in [5.74, 6) is 0.397. The summed E-state index contributed by atoms with van der Waals surface area (Å²) in [4.78, 5) is 22.7. The van der Waals surface area contributed by atoms with Gasteiger partial charge in [-0.1, -0.05) is 19.1 Å². The largest absolute Gasteiger partial charge is 0.511 e. The van der Waals surface area contributed by atoms with Crippen LogP contribution in [0, 0.1) is 6.92 Å². The molecule has 0 aliphatic carbocycles. The fourth-order valence-electron chi connectivity index (χ4n) is 4.04. The van der Waals surface area contributed by atoms with Crippen molar-refractivity contribution in [2.24, 2.45) is 0 Å². The van der Waals surface area contributed by atoms with Crippen LogP contribution in [0.15, 0.2) is 36.4 Å². The summed E-state index contributed by atoms with van der Waals surface area (Å²) >= 11 is 0. The monoisotopic (exact) mass is 409 g/mol. The van der Waals surface area contributed by atoms with Gasteiger partial charge in [0.2, 0.25) is 11.5 Å². The number of hydrogen-bond donors (Lipinski definition) is 2. The van der Waals surface area contributed by atoms with Crippen molar-refractivity contribution >= 4 is 28.9 Å². The molecule has 0 atom stereocenters. The van der Waals surface area contributed by atoms with Crippen LogP contribution in [-0.2, 0) is 6.42 Å². The minimum Gasteiger partial charge on any atom is -0.497 e. The van der Waals surface area contributed by atoms with Gasteiger partial charge >= 0.3 is 12.3 Å². The maximum atomic E-state index is 11.4. The predicted octanol–water partition coefficient (Wildman–Crippen LogP) is 5.19. The second kappa shape index (κ2) is 7.14. The van der Waals surface area contributed by atoms with Crippen LogP contribution < -0.4 is 14.2 Å².